The van der Waals surface area contributed by atoms with Crippen molar-refractivity contribution in [2.24, 2.45) is 11.3 Å². The normalized spacial score (nSPS) is 24.8. The highest BCUT2D eigenvalue weighted by Crippen LogP contribution is 2.58. The minimum atomic E-state index is 0.0984. The molecule has 1 aliphatic carbocycles. The van der Waals surface area contributed by atoms with Gasteiger partial charge < -0.3 is 15.5 Å². The summed E-state index contributed by atoms with van der Waals surface area (Å²) in [6, 6.07) is 7.34. The first kappa shape index (κ1) is 15.6. The third-order valence-corrected chi connectivity index (χ3v) is 5.90. The van der Waals surface area contributed by atoms with Gasteiger partial charge in [-0.15, -0.1) is 0 Å². The van der Waals surface area contributed by atoms with Gasteiger partial charge in [0.1, 0.15) is 0 Å². The topological polar surface area (TPSA) is 61.4 Å². The van der Waals surface area contributed by atoms with E-state index in [1.54, 1.807) is 0 Å². The third-order valence-electron chi connectivity index (χ3n) is 5.90. The van der Waals surface area contributed by atoms with Gasteiger partial charge in [0.05, 0.1) is 0 Å². The lowest BCUT2D eigenvalue weighted by atomic mass is 9.92. The van der Waals surface area contributed by atoms with Crippen molar-refractivity contribution in [1.29, 1.82) is 0 Å². The van der Waals surface area contributed by atoms with Crippen LogP contribution in [0.2, 0.25) is 0 Å². The highest BCUT2D eigenvalue weighted by atomic mass is 16.2. The van der Waals surface area contributed by atoms with E-state index in [4.69, 9.17) is 0 Å². The van der Waals surface area contributed by atoms with E-state index < -0.39 is 0 Å². The quantitative estimate of drug-likeness (QED) is 0.895. The summed E-state index contributed by atoms with van der Waals surface area (Å²) in [6.45, 7) is 3.76. The first-order chi connectivity index (χ1) is 11.7. The molecule has 5 nitrogen and oxygen atoms in total. The van der Waals surface area contributed by atoms with Crippen LogP contribution in [-0.4, -0.2) is 42.9 Å². The number of carbonyl (C=O) groups excluding carboxylic acids is 2. The second-order valence-electron chi connectivity index (χ2n) is 7.43. The predicted octanol–water partition coefficient (Wildman–Crippen LogP) is 2.25. The summed E-state index contributed by atoms with van der Waals surface area (Å²) < 4.78 is 0. The van der Waals surface area contributed by atoms with E-state index in [1.807, 2.05) is 29.2 Å². The molecule has 0 aromatic heterocycles. The minimum absolute atomic E-state index is 0.0984. The van der Waals surface area contributed by atoms with Crippen LogP contribution >= 0.6 is 0 Å². The van der Waals surface area contributed by atoms with Gasteiger partial charge in [-0.3, -0.25) is 9.59 Å². The van der Waals surface area contributed by atoms with Crippen molar-refractivity contribution in [3.8, 4) is 0 Å². The van der Waals surface area contributed by atoms with Crippen LogP contribution in [0.5, 0.6) is 0 Å². The molecular weight excluding hydrogens is 302 g/mol. The predicted molar refractivity (Wildman–Crippen MR) is 92.9 cm³/mol. The Hall–Kier alpha value is -1.88. The molecule has 128 valence electrons. The molecule has 2 saturated heterocycles. The summed E-state index contributed by atoms with van der Waals surface area (Å²) in [7, 11) is 0. The van der Waals surface area contributed by atoms with Crippen LogP contribution in [0.1, 0.15) is 42.5 Å². The molecule has 0 bridgehead atoms. The standard InChI is InChI=1S/C19H25N3O2/c23-17(16-13-19(16)7-9-20-10-8-19)21-15-5-3-14(4-6-15)18(24)22-11-1-2-12-22/h3-6,16,20H,1-2,7-13H2,(H,21,23). The molecule has 24 heavy (non-hydrogen) atoms. The van der Waals surface area contributed by atoms with E-state index >= 15 is 0 Å². The Balaban J connectivity index is 1.35. The molecule has 0 radical (unpaired) electrons. The number of likely N-dealkylation sites (tertiary alicyclic amines) is 1. The van der Waals surface area contributed by atoms with Crippen molar-refractivity contribution in [2.75, 3.05) is 31.5 Å². The number of piperidine rings is 1. The van der Waals surface area contributed by atoms with E-state index in [1.165, 1.54) is 0 Å². The Morgan fingerprint density at radius 2 is 1.75 bits per heavy atom. The maximum absolute atomic E-state index is 12.5. The summed E-state index contributed by atoms with van der Waals surface area (Å²) in [6.07, 6.45) is 5.42. The number of amides is 2. The first-order valence-corrected chi connectivity index (χ1v) is 9.09. The zero-order chi connectivity index (χ0) is 16.6. The van der Waals surface area contributed by atoms with Crippen LogP contribution in [0.25, 0.3) is 0 Å². The van der Waals surface area contributed by atoms with Gasteiger partial charge in [-0.2, -0.15) is 0 Å². The number of nitrogens with one attached hydrogen (secondary N) is 2. The number of rotatable bonds is 3. The summed E-state index contributed by atoms with van der Waals surface area (Å²) in [5.41, 5.74) is 1.74. The lowest BCUT2D eigenvalue weighted by molar-refractivity contribution is -0.118. The minimum Gasteiger partial charge on any atom is -0.339 e. The fraction of sp³-hybridized carbons (Fsp3) is 0.579. The van der Waals surface area contributed by atoms with Crippen LogP contribution in [0.4, 0.5) is 5.69 Å². The number of carbonyl (C=O) groups is 2. The van der Waals surface area contributed by atoms with Gasteiger partial charge in [-0.25, -0.2) is 0 Å². The lowest BCUT2D eigenvalue weighted by Crippen LogP contribution is -2.31. The SMILES string of the molecule is O=C(Nc1ccc(C(=O)N2CCCC2)cc1)C1CC12CCNCC2. The van der Waals surface area contributed by atoms with Crippen LogP contribution in [-0.2, 0) is 4.79 Å². The Kier molecular flexibility index (Phi) is 4.04. The smallest absolute Gasteiger partial charge is 0.253 e. The molecule has 2 N–H and O–H groups in total. The third kappa shape index (κ3) is 2.93. The van der Waals surface area contributed by atoms with Crippen molar-refractivity contribution < 1.29 is 9.59 Å². The highest BCUT2D eigenvalue weighted by molar-refractivity contribution is 5.97. The number of anilines is 1. The largest absolute Gasteiger partial charge is 0.339 e. The number of benzene rings is 1. The van der Waals surface area contributed by atoms with Gasteiger partial charge in [0.25, 0.3) is 5.91 Å². The summed E-state index contributed by atoms with van der Waals surface area (Å²) in [4.78, 5) is 26.7. The number of hydrogen-bond acceptors (Lipinski definition) is 3. The maximum Gasteiger partial charge on any atom is 0.253 e. The molecule has 1 unspecified atom stereocenters. The van der Waals surface area contributed by atoms with E-state index in [0.29, 0.717) is 5.56 Å². The van der Waals surface area contributed by atoms with E-state index in [2.05, 4.69) is 10.6 Å². The van der Waals surface area contributed by atoms with Gasteiger partial charge in [-0.1, -0.05) is 0 Å². The summed E-state index contributed by atoms with van der Waals surface area (Å²) in [5, 5.41) is 6.39. The highest BCUT2D eigenvalue weighted by Gasteiger charge is 2.57. The van der Waals surface area contributed by atoms with Crippen LogP contribution in [0.3, 0.4) is 0 Å². The van der Waals surface area contributed by atoms with E-state index in [0.717, 1.165) is 64.0 Å². The zero-order valence-electron chi connectivity index (χ0n) is 14.0. The Morgan fingerprint density at radius 1 is 1.08 bits per heavy atom. The second kappa shape index (κ2) is 6.20. The van der Waals surface area contributed by atoms with E-state index in [-0.39, 0.29) is 23.1 Å². The molecule has 1 saturated carbocycles. The second-order valence-corrected chi connectivity index (χ2v) is 7.43. The molecule has 5 heteroatoms. The Morgan fingerprint density at radius 3 is 2.42 bits per heavy atom. The molecule has 4 rings (SSSR count). The van der Waals surface area contributed by atoms with Crippen molar-refractivity contribution in [2.45, 2.75) is 32.1 Å². The van der Waals surface area contributed by atoms with Crippen molar-refractivity contribution in [1.82, 2.24) is 10.2 Å². The molecule has 1 aromatic rings. The molecular formula is C19H25N3O2. The molecule has 1 aromatic carbocycles. The van der Waals surface area contributed by atoms with Crippen molar-refractivity contribution in [3.05, 3.63) is 29.8 Å². The Bertz CT molecular complexity index is 629. The van der Waals surface area contributed by atoms with Gasteiger partial charge in [0, 0.05) is 30.3 Å². The van der Waals surface area contributed by atoms with Crippen molar-refractivity contribution >= 4 is 17.5 Å². The molecule has 2 amide bonds. The van der Waals surface area contributed by atoms with Gasteiger partial charge >= 0.3 is 0 Å². The maximum atomic E-state index is 12.5. The van der Waals surface area contributed by atoms with Gasteiger partial charge in [0.15, 0.2) is 0 Å². The van der Waals surface area contributed by atoms with Crippen molar-refractivity contribution in [3.63, 3.8) is 0 Å². The molecule has 3 aliphatic rings. The van der Waals surface area contributed by atoms with Crippen LogP contribution < -0.4 is 10.6 Å². The first-order valence-electron chi connectivity index (χ1n) is 9.09. The van der Waals surface area contributed by atoms with Crippen LogP contribution in [0.15, 0.2) is 24.3 Å². The number of hydrogen-bond donors (Lipinski definition) is 2. The number of nitrogens with zero attached hydrogens (tertiary/aromatic N) is 1. The average Bonchev–Trinajstić information content (AvgIpc) is 3.05. The van der Waals surface area contributed by atoms with Crippen LogP contribution in [0, 0.1) is 11.3 Å². The molecule has 2 aliphatic heterocycles. The Labute approximate surface area is 142 Å². The molecule has 1 spiro atoms. The fourth-order valence-corrected chi connectivity index (χ4v) is 4.22. The molecule has 2 heterocycles. The lowest BCUT2D eigenvalue weighted by Gasteiger charge is -2.23. The average molecular weight is 327 g/mol. The van der Waals surface area contributed by atoms with Gasteiger partial charge in [0.2, 0.25) is 5.91 Å². The summed E-state index contributed by atoms with van der Waals surface area (Å²) in [5.74, 6) is 0.391. The van der Waals surface area contributed by atoms with Gasteiger partial charge in [-0.05, 0) is 74.9 Å². The monoisotopic (exact) mass is 327 g/mol. The zero-order valence-corrected chi connectivity index (χ0v) is 14.0. The molecule has 1 atom stereocenters. The van der Waals surface area contributed by atoms with E-state index in [9.17, 15) is 9.59 Å². The fourth-order valence-electron chi connectivity index (χ4n) is 4.22. The summed E-state index contributed by atoms with van der Waals surface area (Å²) >= 11 is 0. The molecule has 3 fully saturated rings.